The highest BCUT2D eigenvalue weighted by Crippen LogP contribution is 2.42. The summed E-state index contributed by atoms with van der Waals surface area (Å²) in [5, 5.41) is 1.58. The molecule has 2 N–H and O–H groups in total. The van der Waals surface area contributed by atoms with Crippen molar-refractivity contribution in [2.75, 3.05) is 12.8 Å². The fraction of sp³-hybridized carbons (Fsp3) is 0.400. The van der Waals surface area contributed by atoms with Crippen molar-refractivity contribution in [3.05, 3.63) is 60.7 Å². The smallest absolute Gasteiger partial charge is 0.331 e. The first-order chi connectivity index (χ1) is 12.9. The van der Waals surface area contributed by atoms with Gasteiger partial charge in [0.2, 0.25) is 0 Å². The van der Waals surface area contributed by atoms with Gasteiger partial charge in [-0.15, -0.1) is 0 Å². The Morgan fingerprint density at radius 1 is 0.929 bits per heavy atom. The monoisotopic (exact) mass is 428 g/mol. The SMILES string of the molecule is CC(C)(C)[Si](OCCC(F)(F)CP(=O)(O)O)(c1ccccc1)c1ccccc1. The number of benzene rings is 2. The lowest BCUT2D eigenvalue weighted by atomic mass is 10.2. The summed E-state index contributed by atoms with van der Waals surface area (Å²) >= 11 is 0. The minimum absolute atomic E-state index is 0.291. The summed E-state index contributed by atoms with van der Waals surface area (Å²) in [6.07, 6.45) is -2.22. The second kappa shape index (κ2) is 8.55. The zero-order chi connectivity index (χ0) is 21.1. The van der Waals surface area contributed by atoms with E-state index in [4.69, 9.17) is 14.2 Å². The molecule has 0 radical (unpaired) electrons. The molecule has 2 aromatic carbocycles. The Morgan fingerprint density at radius 3 is 1.71 bits per heavy atom. The quantitative estimate of drug-likeness (QED) is 0.496. The molecule has 0 aliphatic heterocycles. The van der Waals surface area contributed by atoms with Crippen LogP contribution < -0.4 is 10.4 Å². The molecule has 0 atom stereocenters. The Hall–Kier alpha value is -1.37. The van der Waals surface area contributed by atoms with Gasteiger partial charge in [0.1, 0.15) is 6.16 Å². The van der Waals surface area contributed by atoms with Gasteiger partial charge in [-0.2, -0.15) is 0 Å². The molecule has 0 aliphatic rings. The molecule has 0 amide bonds. The van der Waals surface area contributed by atoms with E-state index in [1.807, 2.05) is 81.4 Å². The molecular formula is C20H27F2O4PSi. The lowest BCUT2D eigenvalue weighted by Gasteiger charge is -2.43. The predicted molar refractivity (Wildman–Crippen MR) is 110 cm³/mol. The third kappa shape index (κ3) is 5.58. The molecule has 0 aliphatic carbocycles. The first-order valence-corrected chi connectivity index (χ1v) is 12.8. The minimum atomic E-state index is -4.81. The number of hydrogen-bond acceptors (Lipinski definition) is 2. The summed E-state index contributed by atoms with van der Waals surface area (Å²) in [6, 6.07) is 19.2. The van der Waals surface area contributed by atoms with Crippen LogP contribution in [0.15, 0.2) is 60.7 Å². The molecule has 8 heteroatoms. The van der Waals surface area contributed by atoms with Crippen LogP contribution in [0.2, 0.25) is 5.04 Å². The van der Waals surface area contributed by atoms with Crippen LogP contribution in [0.5, 0.6) is 0 Å². The van der Waals surface area contributed by atoms with E-state index in [2.05, 4.69) is 0 Å². The van der Waals surface area contributed by atoms with E-state index in [-0.39, 0.29) is 11.6 Å². The maximum Gasteiger partial charge on any atom is 0.331 e. The van der Waals surface area contributed by atoms with Gasteiger partial charge in [-0.05, 0) is 15.4 Å². The minimum Gasteiger partial charge on any atom is -0.407 e. The molecule has 2 rings (SSSR count). The van der Waals surface area contributed by atoms with E-state index < -0.39 is 34.4 Å². The van der Waals surface area contributed by atoms with Gasteiger partial charge in [0.15, 0.2) is 0 Å². The summed E-state index contributed by atoms with van der Waals surface area (Å²) in [4.78, 5) is 17.8. The molecule has 0 fully saturated rings. The number of halogens is 2. The third-order valence-corrected chi connectivity index (χ3v) is 10.6. The number of hydrogen-bond donors (Lipinski definition) is 2. The van der Waals surface area contributed by atoms with Crippen molar-refractivity contribution in [1.82, 2.24) is 0 Å². The first-order valence-electron chi connectivity index (χ1n) is 9.05. The van der Waals surface area contributed by atoms with Gasteiger partial charge in [0, 0.05) is 13.0 Å². The summed E-state index contributed by atoms with van der Waals surface area (Å²) in [5.74, 6) is -3.50. The summed E-state index contributed by atoms with van der Waals surface area (Å²) < 4.78 is 45.4. The van der Waals surface area contributed by atoms with Gasteiger partial charge in [-0.1, -0.05) is 81.4 Å². The van der Waals surface area contributed by atoms with E-state index >= 15 is 0 Å². The fourth-order valence-electron chi connectivity index (χ4n) is 3.50. The van der Waals surface area contributed by atoms with Gasteiger partial charge in [-0.3, -0.25) is 4.57 Å². The van der Waals surface area contributed by atoms with Gasteiger partial charge in [-0.25, -0.2) is 8.78 Å². The standard InChI is InChI=1S/C20H27F2O4PSi/c1-19(2,3)28(17-10-6-4-7-11-17,18-12-8-5-9-13-18)26-15-14-20(21,22)16-27(23,24)25/h4-13H,14-16H2,1-3H3,(H2,23,24,25). The van der Waals surface area contributed by atoms with Crippen molar-refractivity contribution in [3.63, 3.8) is 0 Å². The lowest BCUT2D eigenvalue weighted by Crippen LogP contribution is -2.66. The maximum absolute atomic E-state index is 14.0. The van der Waals surface area contributed by atoms with Crippen LogP contribution in [-0.2, 0) is 8.99 Å². The Kier molecular flexibility index (Phi) is 7.00. The average molecular weight is 428 g/mol. The van der Waals surface area contributed by atoms with Crippen molar-refractivity contribution in [1.29, 1.82) is 0 Å². The number of alkyl halides is 2. The van der Waals surface area contributed by atoms with Gasteiger partial charge < -0.3 is 14.2 Å². The molecule has 0 saturated heterocycles. The summed E-state index contributed by atoms with van der Waals surface area (Å²) in [7, 11) is -7.75. The van der Waals surface area contributed by atoms with Gasteiger partial charge in [0.25, 0.3) is 14.2 Å². The van der Waals surface area contributed by atoms with Crippen molar-refractivity contribution in [3.8, 4) is 0 Å². The second-order valence-corrected chi connectivity index (χ2v) is 13.9. The largest absolute Gasteiger partial charge is 0.407 e. The van der Waals surface area contributed by atoms with Gasteiger partial charge in [0.05, 0.1) is 0 Å². The van der Waals surface area contributed by atoms with Crippen molar-refractivity contribution >= 4 is 26.3 Å². The zero-order valence-electron chi connectivity index (χ0n) is 16.3. The highest BCUT2D eigenvalue weighted by molar-refractivity contribution is 7.51. The van der Waals surface area contributed by atoms with E-state index in [0.717, 1.165) is 10.4 Å². The molecule has 0 unspecified atom stereocenters. The Balaban J connectivity index is 2.41. The zero-order valence-corrected chi connectivity index (χ0v) is 18.2. The molecule has 0 aromatic heterocycles. The fourth-order valence-corrected chi connectivity index (χ4v) is 8.82. The normalized spacial score (nSPS) is 13.5. The van der Waals surface area contributed by atoms with Crippen LogP contribution >= 0.6 is 7.60 Å². The van der Waals surface area contributed by atoms with Crippen molar-refractivity contribution in [2.45, 2.75) is 38.2 Å². The molecule has 0 bridgehead atoms. The third-order valence-electron chi connectivity index (χ3n) is 4.64. The Morgan fingerprint density at radius 2 is 1.36 bits per heavy atom. The van der Waals surface area contributed by atoms with E-state index in [1.54, 1.807) is 0 Å². The molecule has 154 valence electrons. The van der Waals surface area contributed by atoms with E-state index in [9.17, 15) is 13.3 Å². The van der Waals surface area contributed by atoms with Crippen LogP contribution in [0, 0.1) is 0 Å². The molecule has 0 spiro atoms. The Labute approximate surface area is 165 Å². The van der Waals surface area contributed by atoms with E-state index in [1.165, 1.54) is 0 Å². The van der Waals surface area contributed by atoms with E-state index in [0.29, 0.717) is 0 Å². The predicted octanol–water partition coefficient (Wildman–Crippen LogP) is 3.77. The van der Waals surface area contributed by atoms with Crippen LogP contribution in [0.3, 0.4) is 0 Å². The molecular weight excluding hydrogens is 401 g/mol. The first kappa shape index (κ1) is 22.9. The topological polar surface area (TPSA) is 66.8 Å². The Bertz CT molecular complexity index is 764. The van der Waals surface area contributed by atoms with Crippen LogP contribution in [-0.4, -0.2) is 36.8 Å². The molecule has 0 heterocycles. The summed E-state index contributed by atoms with van der Waals surface area (Å²) in [6.45, 7) is 5.81. The van der Waals surface area contributed by atoms with Crippen molar-refractivity contribution < 1.29 is 27.6 Å². The lowest BCUT2D eigenvalue weighted by molar-refractivity contribution is -0.000646. The molecule has 28 heavy (non-hydrogen) atoms. The van der Waals surface area contributed by atoms with Crippen LogP contribution in [0.1, 0.15) is 27.2 Å². The molecule has 2 aromatic rings. The highest BCUT2D eigenvalue weighted by atomic mass is 31.2. The number of rotatable bonds is 8. The van der Waals surface area contributed by atoms with Crippen molar-refractivity contribution in [2.24, 2.45) is 0 Å². The van der Waals surface area contributed by atoms with Crippen LogP contribution in [0.4, 0.5) is 8.78 Å². The summed E-state index contributed by atoms with van der Waals surface area (Å²) in [5.41, 5.74) is 0. The second-order valence-electron chi connectivity index (χ2n) is 7.94. The molecule has 0 saturated carbocycles. The maximum atomic E-state index is 14.0. The van der Waals surface area contributed by atoms with Gasteiger partial charge >= 0.3 is 7.60 Å². The average Bonchev–Trinajstić information content (AvgIpc) is 2.57. The highest BCUT2D eigenvalue weighted by Gasteiger charge is 2.50. The van der Waals surface area contributed by atoms with Crippen LogP contribution in [0.25, 0.3) is 0 Å². The molecule has 4 nitrogen and oxygen atoms in total.